The molecule has 2 atom stereocenters. The fourth-order valence-corrected chi connectivity index (χ4v) is 2.30. The number of nitrogens with one attached hydrogen (secondary N) is 2. The lowest BCUT2D eigenvalue weighted by atomic mass is 10.1. The van der Waals surface area contributed by atoms with Gasteiger partial charge in [-0.1, -0.05) is 48.0 Å². The van der Waals surface area contributed by atoms with Crippen molar-refractivity contribution in [1.29, 1.82) is 0 Å². The van der Waals surface area contributed by atoms with Crippen molar-refractivity contribution in [1.82, 2.24) is 5.32 Å². The van der Waals surface area contributed by atoms with Gasteiger partial charge in [-0.2, -0.15) is 0 Å². The van der Waals surface area contributed by atoms with Crippen LogP contribution in [0.4, 0.5) is 5.69 Å². The summed E-state index contributed by atoms with van der Waals surface area (Å²) in [5.74, 6) is -0.0407. The number of hydrogen-bond donors (Lipinski definition) is 3. The predicted octanol–water partition coefficient (Wildman–Crippen LogP) is 3.04. The van der Waals surface area contributed by atoms with Crippen LogP contribution in [-0.2, 0) is 4.79 Å². The van der Waals surface area contributed by atoms with E-state index in [1.165, 1.54) is 5.56 Å². The van der Waals surface area contributed by atoms with Crippen LogP contribution in [0.2, 0.25) is 0 Å². The van der Waals surface area contributed by atoms with Crippen LogP contribution in [0.3, 0.4) is 0 Å². The molecule has 0 fully saturated rings. The van der Waals surface area contributed by atoms with E-state index in [2.05, 4.69) is 10.6 Å². The van der Waals surface area contributed by atoms with Gasteiger partial charge in [-0.25, -0.2) is 0 Å². The summed E-state index contributed by atoms with van der Waals surface area (Å²) < 4.78 is 0. The van der Waals surface area contributed by atoms with Gasteiger partial charge in [-0.15, -0.1) is 0 Å². The van der Waals surface area contributed by atoms with Crippen LogP contribution in [0.25, 0.3) is 0 Å². The Morgan fingerprint density at radius 3 is 2.39 bits per heavy atom. The maximum atomic E-state index is 12.0. The second-order valence-electron chi connectivity index (χ2n) is 5.85. The molecule has 0 aliphatic rings. The number of rotatable bonds is 7. The number of amides is 1. The van der Waals surface area contributed by atoms with E-state index >= 15 is 0 Å². The fourth-order valence-electron chi connectivity index (χ4n) is 2.30. The first-order chi connectivity index (χ1) is 11.0. The van der Waals surface area contributed by atoms with Crippen molar-refractivity contribution in [3.63, 3.8) is 0 Å². The van der Waals surface area contributed by atoms with Crippen molar-refractivity contribution < 1.29 is 9.90 Å². The van der Waals surface area contributed by atoms with Gasteiger partial charge in [0.15, 0.2) is 0 Å². The highest BCUT2D eigenvalue weighted by molar-refractivity contribution is 5.90. The van der Waals surface area contributed by atoms with Gasteiger partial charge >= 0.3 is 0 Å². The van der Waals surface area contributed by atoms with Crippen LogP contribution in [0, 0.1) is 6.92 Å². The zero-order chi connectivity index (χ0) is 16.7. The smallest absolute Gasteiger partial charge is 0.225 e. The van der Waals surface area contributed by atoms with Crippen LogP contribution in [-0.4, -0.2) is 23.6 Å². The largest absolute Gasteiger partial charge is 0.387 e. The number of aliphatic hydroxyl groups excluding tert-OH is 1. The number of carbonyl (C=O) groups excluding carboxylic acids is 1. The van der Waals surface area contributed by atoms with E-state index in [1.54, 1.807) is 0 Å². The van der Waals surface area contributed by atoms with Crippen LogP contribution in [0.1, 0.15) is 30.6 Å². The van der Waals surface area contributed by atoms with Crippen LogP contribution < -0.4 is 10.6 Å². The highest BCUT2D eigenvalue weighted by atomic mass is 16.3. The van der Waals surface area contributed by atoms with E-state index in [9.17, 15) is 9.90 Å². The molecule has 2 aromatic carbocycles. The molecule has 0 aliphatic heterocycles. The second kappa shape index (κ2) is 8.46. The molecule has 3 N–H and O–H groups in total. The first-order valence-corrected chi connectivity index (χ1v) is 7.87. The van der Waals surface area contributed by atoms with Crippen molar-refractivity contribution in [3.8, 4) is 0 Å². The Balaban J connectivity index is 1.75. The third-order valence-corrected chi connectivity index (χ3v) is 3.67. The maximum absolute atomic E-state index is 12.0. The summed E-state index contributed by atoms with van der Waals surface area (Å²) >= 11 is 0. The minimum atomic E-state index is -0.574. The quantitative estimate of drug-likeness (QED) is 0.736. The summed E-state index contributed by atoms with van der Waals surface area (Å²) in [5.41, 5.74) is 2.84. The molecule has 0 unspecified atom stereocenters. The third kappa shape index (κ3) is 5.85. The van der Waals surface area contributed by atoms with Gasteiger partial charge in [-0.3, -0.25) is 4.79 Å². The molecule has 0 heterocycles. The average Bonchev–Trinajstić information content (AvgIpc) is 2.54. The molecule has 0 saturated heterocycles. The van der Waals surface area contributed by atoms with Gasteiger partial charge in [0.1, 0.15) is 0 Å². The monoisotopic (exact) mass is 312 g/mol. The van der Waals surface area contributed by atoms with Crippen molar-refractivity contribution >= 4 is 11.6 Å². The van der Waals surface area contributed by atoms with Gasteiger partial charge < -0.3 is 15.7 Å². The fraction of sp³-hybridized carbons (Fsp3) is 0.316. The van der Waals surface area contributed by atoms with Crippen molar-refractivity contribution in [2.24, 2.45) is 0 Å². The van der Waals surface area contributed by atoms with Gasteiger partial charge in [-0.05, 0) is 31.5 Å². The Morgan fingerprint density at radius 2 is 1.74 bits per heavy atom. The summed E-state index contributed by atoms with van der Waals surface area (Å²) in [6.07, 6.45) is -0.217. The molecule has 0 aliphatic carbocycles. The Hall–Kier alpha value is -2.17. The lowest BCUT2D eigenvalue weighted by Gasteiger charge is -2.17. The van der Waals surface area contributed by atoms with Crippen molar-refractivity contribution in [3.05, 3.63) is 65.7 Å². The van der Waals surface area contributed by atoms with Gasteiger partial charge in [0.05, 0.1) is 6.10 Å². The molecule has 2 aromatic rings. The molecule has 23 heavy (non-hydrogen) atoms. The molecule has 0 aromatic heterocycles. The van der Waals surface area contributed by atoms with Crippen LogP contribution in [0.15, 0.2) is 54.6 Å². The first kappa shape index (κ1) is 17.2. The van der Waals surface area contributed by atoms with E-state index in [0.29, 0.717) is 13.0 Å². The summed E-state index contributed by atoms with van der Waals surface area (Å²) in [4.78, 5) is 12.0. The third-order valence-electron chi connectivity index (χ3n) is 3.67. The molecule has 0 spiro atoms. The van der Waals surface area contributed by atoms with Gasteiger partial charge in [0.25, 0.3) is 0 Å². The number of aryl methyl sites for hydroxylation is 1. The summed E-state index contributed by atoms with van der Waals surface area (Å²) in [6.45, 7) is 4.37. The standard InChI is InChI=1S/C19H24N2O2/c1-14-8-10-16(11-9-14)18(22)13-20-15(2)12-19(23)21-17-6-4-3-5-7-17/h3-11,15,18,20,22H,12-13H2,1-2H3,(H,21,23)/t15-,18+/m1/s1. The highest BCUT2D eigenvalue weighted by Crippen LogP contribution is 2.13. The lowest BCUT2D eigenvalue weighted by Crippen LogP contribution is -2.33. The molecule has 2 rings (SSSR count). The molecule has 1 amide bonds. The Kier molecular flexibility index (Phi) is 6.32. The molecule has 0 bridgehead atoms. The molecule has 0 saturated carbocycles. The summed E-state index contributed by atoms with van der Waals surface area (Å²) in [6, 6.07) is 17.2. The number of benzene rings is 2. The Morgan fingerprint density at radius 1 is 1.09 bits per heavy atom. The molecule has 122 valence electrons. The predicted molar refractivity (Wildman–Crippen MR) is 93.3 cm³/mol. The number of carbonyl (C=O) groups is 1. The Bertz CT molecular complexity index is 611. The molecule has 4 heteroatoms. The van der Waals surface area contributed by atoms with Crippen LogP contribution >= 0.6 is 0 Å². The topological polar surface area (TPSA) is 61.4 Å². The van der Waals surface area contributed by atoms with E-state index in [1.807, 2.05) is 68.4 Å². The highest BCUT2D eigenvalue weighted by Gasteiger charge is 2.12. The van der Waals surface area contributed by atoms with Gasteiger partial charge in [0, 0.05) is 24.7 Å². The van der Waals surface area contributed by atoms with Crippen LogP contribution in [0.5, 0.6) is 0 Å². The average molecular weight is 312 g/mol. The molecular weight excluding hydrogens is 288 g/mol. The lowest BCUT2D eigenvalue weighted by molar-refractivity contribution is -0.116. The number of anilines is 1. The molecule has 0 radical (unpaired) electrons. The number of aliphatic hydroxyl groups is 1. The zero-order valence-electron chi connectivity index (χ0n) is 13.6. The number of para-hydroxylation sites is 1. The number of hydrogen-bond acceptors (Lipinski definition) is 3. The van der Waals surface area contributed by atoms with E-state index < -0.39 is 6.10 Å². The summed E-state index contributed by atoms with van der Waals surface area (Å²) in [5, 5.41) is 16.2. The zero-order valence-corrected chi connectivity index (χ0v) is 13.6. The van der Waals surface area contributed by atoms with Crippen molar-refractivity contribution in [2.75, 3.05) is 11.9 Å². The minimum absolute atomic E-state index is 0.0150. The Labute approximate surface area is 137 Å². The van der Waals surface area contributed by atoms with Crippen molar-refractivity contribution in [2.45, 2.75) is 32.4 Å². The molecular formula is C19H24N2O2. The SMILES string of the molecule is Cc1ccc([C@@H](O)CN[C@H](C)CC(=O)Nc2ccccc2)cc1. The van der Waals surface area contributed by atoms with E-state index in [-0.39, 0.29) is 11.9 Å². The van der Waals surface area contributed by atoms with E-state index in [4.69, 9.17) is 0 Å². The van der Waals surface area contributed by atoms with Gasteiger partial charge in [0.2, 0.25) is 5.91 Å². The summed E-state index contributed by atoms with van der Waals surface area (Å²) in [7, 11) is 0. The first-order valence-electron chi connectivity index (χ1n) is 7.87. The van der Waals surface area contributed by atoms with E-state index in [0.717, 1.165) is 11.3 Å². The normalized spacial score (nSPS) is 13.3. The maximum Gasteiger partial charge on any atom is 0.225 e. The minimum Gasteiger partial charge on any atom is -0.387 e. The second-order valence-corrected chi connectivity index (χ2v) is 5.85. The molecule has 4 nitrogen and oxygen atoms in total.